The number of aryl methyl sites for hydroxylation is 3. The minimum atomic E-state index is 0.533. The van der Waals surface area contributed by atoms with Gasteiger partial charge in [0, 0.05) is 11.8 Å². The Balaban J connectivity index is 2.60. The zero-order chi connectivity index (χ0) is 11.7. The summed E-state index contributed by atoms with van der Waals surface area (Å²) in [4.78, 5) is 4.13. The van der Waals surface area contributed by atoms with Gasteiger partial charge in [-0.25, -0.2) is 4.98 Å². The first-order valence-corrected chi connectivity index (χ1v) is 5.65. The number of pyridine rings is 1. The summed E-state index contributed by atoms with van der Waals surface area (Å²) in [6.07, 6.45) is 1.83. The lowest BCUT2D eigenvalue weighted by Gasteiger charge is -2.11. The highest BCUT2D eigenvalue weighted by atomic mass is 35.5. The van der Waals surface area contributed by atoms with E-state index in [0.717, 1.165) is 5.56 Å². The SMILES string of the molecule is Cc1cc(C)c(-c2ccc(Cl)nc2)c(C)c1. The van der Waals surface area contributed by atoms with E-state index in [0.29, 0.717) is 5.15 Å². The molecule has 1 aromatic carbocycles. The largest absolute Gasteiger partial charge is 0.244 e. The van der Waals surface area contributed by atoms with Crippen LogP contribution in [-0.4, -0.2) is 4.98 Å². The summed E-state index contributed by atoms with van der Waals surface area (Å²) in [7, 11) is 0. The molecule has 1 aromatic heterocycles. The van der Waals surface area contributed by atoms with Crippen LogP contribution >= 0.6 is 11.6 Å². The Labute approximate surface area is 101 Å². The van der Waals surface area contributed by atoms with Crippen molar-refractivity contribution in [3.63, 3.8) is 0 Å². The zero-order valence-electron chi connectivity index (χ0n) is 9.71. The van der Waals surface area contributed by atoms with Crippen LogP contribution in [-0.2, 0) is 0 Å². The molecule has 0 unspecified atom stereocenters. The van der Waals surface area contributed by atoms with Gasteiger partial charge in [-0.05, 0) is 49.6 Å². The quantitative estimate of drug-likeness (QED) is 0.666. The molecule has 0 spiro atoms. The first-order chi connectivity index (χ1) is 7.58. The summed E-state index contributed by atoms with van der Waals surface area (Å²) >= 11 is 5.79. The van der Waals surface area contributed by atoms with E-state index < -0.39 is 0 Å². The molecule has 0 saturated carbocycles. The standard InChI is InChI=1S/C14H14ClN/c1-9-6-10(2)14(11(3)7-9)12-4-5-13(15)16-8-12/h4-8H,1-3H3. The maximum Gasteiger partial charge on any atom is 0.129 e. The average Bonchev–Trinajstić information content (AvgIpc) is 2.19. The van der Waals surface area contributed by atoms with Crippen LogP contribution in [0.1, 0.15) is 16.7 Å². The van der Waals surface area contributed by atoms with Gasteiger partial charge in [-0.15, -0.1) is 0 Å². The van der Waals surface area contributed by atoms with Crippen LogP contribution in [0, 0.1) is 20.8 Å². The average molecular weight is 232 g/mol. The second kappa shape index (κ2) is 4.26. The van der Waals surface area contributed by atoms with Crippen LogP contribution < -0.4 is 0 Å². The predicted octanol–water partition coefficient (Wildman–Crippen LogP) is 4.33. The van der Waals surface area contributed by atoms with Crippen molar-refractivity contribution in [2.45, 2.75) is 20.8 Å². The van der Waals surface area contributed by atoms with Crippen molar-refractivity contribution in [1.82, 2.24) is 4.98 Å². The molecule has 0 aliphatic rings. The molecule has 1 nitrogen and oxygen atoms in total. The number of hydrogen-bond acceptors (Lipinski definition) is 1. The van der Waals surface area contributed by atoms with Crippen LogP contribution in [0.5, 0.6) is 0 Å². The van der Waals surface area contributed by atoms with Gasteiger partial charge >= 0.3 is 0 Å². The molecule has 0 amide bonds. The number of hydrogen-bond donors (Lipinski definition) is 0. The lowest BCUT2D eigenvalue weighted by Crippen LogP contribution is -1.90. The van der Waals surface area contributed by atoms with Gasteiger partial charge in [0.05, 0.1) is 0 Å². The van der Waals surface area contributed by atoms with Crippen LogP contribution in [0.4, 0.5) is 0 Å². The number of aromatic nitrogens is 1. The van der Waals surface area contributed by atoms with Crippen LogP contribution in [0.2, 0.25) is 5.15 Å². The Hall–Kier alpha value is -1.34. The maximum atomic E-state index is 5.79. The molecule has 2 aromatic rings. The molecule has 2 rings (SSSR count). The van der Waals surface area contributed by atoms with Crippen molar-refractivity contribution in [2.24, 2.45) is 0 Å². The Morgan fingerprint density at radius 3 is 2.12 bits per heavy atom. The molecule has 16 heavy (non-hydrogen) atoms. The van der Waals surface area contributed by atoms with Crippen molar-refractivity contribution in [3.8, 4) is 11.1 Å². The molecule has 1 heterocycles. The lowest BCUT2D eigenvalue weighted by molar-refractivity contribution is 1.28. The van der Waals surface area contributed by atoms with Gasteiger partial charge in [0.1, 0.15) is 5.15 Å². The summed E-state index contributed by atoms with van der Waals surface area (Å²) in [6.45, 7) is 6.37. The maximum absolute atomic E-state index is 5.79. The Bertz CT molecular complexity index is 492. The molecule has 0 radical (unpaired) electrons. The van der Waals surface area contributed by atoms with E-state index in [1.165, 1.54) is 22.3 Å². The number of halogens is 1. The highest BCUT2D eigenvalue weighted by Crippen LogP contribution is 2.28. The minimum Gasteiger partial charge on any atom is -0.244 e. The highest BCUT2D eigenvalue weighted by molar-refractivity contribution is 6.29. The van der Waals surface area contributed by atoms with E-state index in [9.17, 15) is 0 Å². The fourth-order valence-electron chi connectivity index (χ4n) is 2.16. The third-order valence-corrected chi connectivity index (χ3v) is 2.92. The summed E-state index contributed by atoms with van der Waals surface area (Å²) in [5, 5.41) is 0.533. The van der Waals surface area contributed by atoms with Crippen molar-refractivity contribution in [3.05, 3.63) is 52.3 Å². The minimum absolute atomic E-state index is 0.533. The zero-order valence-corrected chi connectivity index (χ0v) is 10.5. The Kier molecular flexibility index (Phi) is 2.97. The number of benzene rings is 1. The summed E-state index contributed by atoms with van der Waals surface area (Å²) in [5.74, 6) is 0. The van der Waals surface area contributed by atoms with Gasteiger partial charge < -0.3 is 0 Å². The fraction of sp³-hybridized carbons (Fsp3) is 0.214. The third-order valence-electron chi connectivity index (χ3n) is 2.69. The van der Waals surface area contributed by atoms with E-state index in [2.05, 4.69) is 37.9 Å². The van der Waals surface area contributed by atoms with Crippen LogP contribution in [0.3, 0.4) is 0 Å². The lowest BCUT2D eigenvalue weighted by atomic mass is 9.95. The smallest absolute Gasteiger partial charge is 0.129 e. The molecular weight excluding hydrogens is 218 g/mol. The molecule has 82 valence electrons. The van der Waals surface area contributed by atoms with Crippen molar-refractivity contribution in [2.75, 3.05) is 0 Å². The monoisotopic (exact) mass is 231 g/mol. The number of rotatable bonds is 1. The second-order valence-electron chi connectivity index (χ2n) is 4.14. The van der Waals surface area contributed by atoms with Crippen molar-refractivity contribution >= 4 is 11.6 Å². The van der Waals surface area contributed by atoms with Gasteiger partial charge in [0.15, 0.2) is 0 Å². The topological polar surface area (TPSA) is 12.9 Å². The Morgan fingerprint density at radius 1 is 1.00 bits per heavy atom. The molecule has 0 bridgehead atoms. The summed E-state index contributed by atoms with van der Waals surface area (Å²) in [5.41, 5.74) is 6.23. The van der Waals surface area contributed by atoms with Crippen molar-refractivity contribution < 1.29 is 0 Å². The van der Waals surface area contributed by atoms with Crippen molar-refractivity contribution in [1.29, 1.82) is 0 Å². The van der Waals surface area contributed by atoms with Crippen LogP contribution in [0.25, 0.3) is 11.1 Å². The molecule has 0 aliphatic heterocycles. The predicted molar refractivity (Wildman–Crippen MR) is 68.9 cm³/mol. The Morgan fingerprint density at radius 2 is 1.62 bits per heavy atom. The molecule has 0 atom stereocenters. The fourth-order valence-corrected chi connectivity index (χ4v) is 2.27. The van der Waals surface area contributed by atoms with E-state index >= 15 is 0 Å². The first kappa shape index (κ1) is 11.2. The van der Waals surface area contributed by atoms with E-state index in [1.807, 2.05) is 18.3 Å². The van der Waals surface area contributed by atoms with Gasteiger partial charge in [0.2, 0.25) is 0 Å². The first-order valence-electron chi connectivity index (χ1n) is 5.27. The molecule has 0 aliphatic carbocycles. The molecule has 2 heteroatoms. The molecular formula is C14H14ClN. The molecule has 0 N–H and O–H groups in total. The van der Waals surface area contributed by atoms with Gasteiger partial charge in [-0.2, -0.15) is 0 Å². The normalized spacial score (nSPS) is 10.5. The van der Waals surface area contributed by atoms with Gasteiger partial charge in [0.25, 0.3) is 0 Å². The van der Waals surface area contributed by atoms with E-state index in [1.54, 1.807) is 0 Å². The van der Waals surface area contributed by atoms with E-state index in [-0.39, 0.29) is 0 Å². The second-order valence-corrected chi connectivity index (χ2v) is 4.53. The van der Waals surface area contributed by atoms with Crippen LogP contribution in [0.15, 0.2) is 30.5 Å². The number of nitrogens with zero attached hydrogens (tertiary/aromatic N) is 1. The third kappa shape index (κ3) is 2.10. The molecule has 0 fully saturated rings. The summed E-state index contributed by atoms with van der Waals surface area (Å²) in [6, 6.07) is 8.23. The van der Waals surface area contributed by atoms with E-state index in [4.69, 9.17) is 11.6 Å². The molecule has 0 saturated heterocycles. The van der Waals surface area contributed by atoms with Gasteiger partial charge in [-0.1, -0.05) is 29.3 Å². The highest BCUT2D eigenvalue weighted by Gasteiger charge is 2.06. The van der Waals surface area contributed by atoms with Gasteiger partial charge in [-0.3, -0.25) is 0 Å². The summed E-state index contributed by atoms with van der Waals surface area (Å²) < 4.78 is 0.